The number of nitrogens with zero attached hydrogens (tertiary/aromatic N) is 3. The normalized spacial score (nSPS) is 9.57. The van der Waals surface area contributed by atoms with E-state index in [0.717, 1.165) is 22.3 Å². The van der Waals surface area contributed by atoms with Crippen LogP contribution < -0.4 is 0 Å². The second kappa shape index (κ2) is 26.9. The van der Waals surface area contributed by atoms with Gasteiger partial charge in [0.25, 0.3) is 11.1 Å². The van der Waals surface area contributed by atoms with E-state index in [-0.39, 0.29) is 65.9 Å². The Labute approximate surface area is 326 Å². The van der Waals surface area contributed by atoms with Gasteiger partial charge in [-0.3, -0.25) is 4.85 Å². The van der Waals surface area contributed by atoms with E-state index in [1.165, 1.54) is 5.56 Å². The molecular weight excluding hydrogens is 731 g/mol. The van der Waals surface area contributed by atoms with Crippen LogP contribution in [0.1, 0.15) is 55.5 Å². The zero-order valence-corrected chi connectivity index (χ0v) is 32.9. The van der Waals surface area contributed by atoms with Crippen molar-refractivity contribution in [3.8, 4) is 0 Å². The molecule has 0 unspecified atom stereocenters. The smallest absolute Gasteiger partial charge is 0.450 e. The number of hydrogen-bond acceptors (Lipinski definition) is 8. The zero-order valence-electron chi connectivity index (χ0n) is 30.1. The Morgan fingerprint density at radius 1 is 0.627 bits per heavy atom. The van der Waals surface area contributed by atoms with Gasteiger partial charge in [-0.15, -0.1) is 0 Å². The van der Waals surface area contributed by atoms with Gasteiger partial charge in [0.05, 0.1) is 0 Å². The molecule has 0 saturated carbocycles. The van der Waals surface area contributed by atoms with Gasteiger partial charge in [-0.25, -0.2) is 34.1 Å². The van der Waals surface area contributed by atoms with Gasteiger partial charge in [-0.1, -0.05) is 66.6 Å². The molecular formula is C38H44N3O9Y-. The molecule has 0 amide bonds. The Balaban J connectivity index is 0. The van der Waals surface area contributed by atoms with Crippen molar-refractivity contribution in [1.29, 1.82) is 0 Å². The van der Waals surface area contributed by atoms with Gasteiger partial charge >= 0.3 is 25.2 Å². The molecule has 0 heterocycles. The third-order valence-electron chi connectivity index (χ3n) is 5.78. The molecule has 0 aliphatic heterocycles. The summed E-state index contributed by atoms with van der Waals surface area (Å²) in [6, 6.07) is 26.1. The minimum Gasteiger partial charge on any atom is -0.450 e. The van der Waals surface area contributed by atoms with E-state index in [4.69, 9.17) is 39.0 Å². The largest absolute Gasteiger partial charge is 0.514 e. The fourth-order valence-electron chi connectivity index (χ4n) is 2.83. The maximum absolute atomic E-state index is 11.3. The first-order valence-corrected chi connectivity index (χ1v) is 15.1. The fourth-order valence-corrected chi connectivity index (χ4v) is 2.83. The third kappa shape index (κ3) is 27.5. The fraction of sp³-hybridized carbons (Fsp3) is 0.368. The van der Waals surface area contributed by atoms with Crippen LogP contribution in [0.3, 0.4) is 0 Å². The number of carbonyl (C=O) groups is 3. The topological polar surface area (TPSA) is 131 Å². The van der Waals surface area contributed by atoms with Crippen molar-refractivity contribution in [2.24, 2.45) is 0 Å². The number of hydrogen-bond donors (Lipinski definition) is 1. The number of rotatable bonds is 9. The number of carboxylic acid groups (broad SMARTS) is 1. The van der Waals surface area contributed by atoms with Crippen molar-refractivity contribution in [2.75, 3.05) is 19.9 Å². The summed E-state index contributed by atoms with van der Waals surface area (Å²) in [5.41, 5.74) is 3.94. The van der Waals surface area contributed by atoms with Gasteiger partial charge < -0.3 is 38.5 Å². The first-order valence-electron chi connectivity index (χ1n) is 15.1. The molecule has 3 rings (SSSR count). The van der Waals surface area contributed by atoms with E-state index in [9.17, 15) is 14.4 Å². The van der Waals surface area contributed by atoms with E-state index in [1.807, 2.05) is 86.6 Å². The predicted octanol–water partition coefficient (Wildman–Crippen LogP) is 9.04. The molecule has 0 bridgehead atoms. The molecule has 3 aromatic carbocycles. The van der Waals surface area contributed by atoms with Crippen LogP contribution in [-0.2, 0) is 69.6 Å². The quantitative estimate of drug-likeness (QED) is 0.129. The summed E-state index contributed by atoms with van der Waals surface area (Å²) in [6.45, 7) is 32.6. The molecule has 0 aliphatic carbocycles. The monoisotopic (exact) mass is 775 g/mol. The van der Waals surface area contributed by atoms with Crippen molar-refractivity contribution in [3.63, 3.8) is 0 Å². The van der Waals surface area contributed by atoms with Crippen molar-refractivity contribution >= 4 is 18.5 Å². The van der Waals surface area contributed by atoms with Gasteiger partial charge in [-0.05, 0) is 25.0 Å². The third-order valence-corrected chi connectivity index (χ3v) is 5.78. The van der Waals surface area contributed by atoms with Gasteiger partial charge in [0.2, 0.25) is 0 Å². The van der Waals surface area contributed by atoms with Gasteiger partial charge in [0.15, 0.2) is 13.2 Å². The standard InChI is InChI=1S/C14H17NO3.C11H11NO3.C7H7.C6H9NO3.Y/c1-11-5-7-12(8-6-11)9-17-13(16)18-10-14(2,3)15-4;1-9-3-5-10(6-4-9)7-14-11(13)15-8-12-2;1-7-5-3-2-4-6-7;1-6(2,7-3)4-10-5(8)9;/h5-8H,9-10H2,1-3H3;3-6H,7-8H2,1H3;3-6H,1H3;4H2,1-2H3,(H,8,9);/q;;-1;;. The molecule has 0 saturated heterocycles. The van der Waals surface area contributed by atoms with Crippen LogP contribution in [0.15, 0.2) is 72.8 Å². The number of carbonyl (C=O) groups excluding carboxylic acids is 2. The number of benzene rings is 3. The van der Waals surface area contributed by atoms with Crippen molar-refractivity contribution in [2.45, 2.75) is 72.8 Å². The van der Waals surface area contributed by atoms with E-state index < -0.39 is 29.5 Å². The number of ether oxygens (including phenoxy) is 5. The molecule has 0 fully saturated rings. The molecule has 0 aliphatic rings. The number of aryl methyl sites for hydroxylation is 3. The van der Waals surface area contributed by atoms with Gasteiger partial charge in [0, 0.05) is 60.4 Å². The molecule has 1 N–H and O–H groups in total. The van der Waals surface area contributed by atoms with Crippen LogP contribution >= 0.6 is 0 Å². The minimum absolute atomic E-state index is 0. The van der Waals surface area contributed by atoms with E-state index in [2.05, 4.69) is 37.0 Å². The Kier molecular flexibility index (Phi) is 25.4. The summed E-state index contributed by atoms with van der Waals surface area (Å²) in [5, 5.41) is 8.05. The molecule has 51 heavy (non-hydrogen) atoms. The first-order chi connectivity index (χ1) is 23.5. The maximum atomic E-state index is 11.3. The Morgan fingerprint density at radius 2 is 1.00 bits per heavy atom. The van der Waals surface area contributed by atoms with E-state index in [1.54, 1.807) is 27.7 Å². The zero-order chi connectivity index (χ0) is 38.0. The first kappa shape index (κ1) is 48.2. The summed E-state index contributed by atoms with van der Waals surface area (Å²) < 4.78 is 23.2. The van der Waals surface area contributed by atoms with Crippen molar-refractivity contribution in [1.82, 2.24) is 0 Å². The van der Waals surface area contributed by atoms with Gasteiger partial charge in [0.1, 0.15) is 13.2 Å². The van der Waals surface area contributed by atoms with E-state index in [0.29, 0.717) is 0 Å². The van der Waals surface area contributed by atoms with E-state index >= 15 is 0 Å². The molecule has 1 radical (unpaired) electrons. The summed E-state index contributed by atoms with van der Waals surface area (Å²) >= 11 is 0. The second-order valence-corrected chi connectivity index (χ2v) is 11.7. The van der Waals surface area contributed by atoms with Crippen LogP contribution in [0.2, 0.25) is 0 Å². The van der Waals surface area contributed by atoms with Crippen LogP contribution in [0.4, 0.5) is 14.4 Å². The molecule has 0 spiro atoms. The SMILES string of the molecule is Cc1cc[c-]cc1.[C-]#[N+]C(C)(C)COC(=O)O.[C-]#[N+]C(C)(C)COC(=O)OCc1ccc(C)cc1.[C-]#[N+]COC(=O)OCc1ccc(C)cc1.[Y]. The molecule has 0 atom stereocenters. The van der Waals surface area contributed by atoms with Crippen molar-refractivity contribution in [3.05, 3.63) is 141 Å². The predicted molar refractivity (Wildman–Crippen MR) is 187 cm³/mol. The average Bonchev–Trinajstić information content (AvgIpc) is 3.10. The molecule has 0 aromatic heterocycles. The van der Waals surface area contributed by atoms with Gasteiger partial charge in [-0.2, -0.15) is 35.9 Å². The summed E-state index contributed by atoms with van der Waals surface area (Å²) in [5.74, 6) is 0. The molecule has 269 valence electrons. The maximum Gasteiger partial charge on any atom is 0.514 e. The Morgan fingerprint density at radius 3 is 1.33 bits per heavy atom. The minimum atomic E-state index is -1.34. The molecule has 13 heteroatoms. The molecule has 3 aromatic rings. The molecule has 12 nitrogen and oxygen atoms in total. The van der Waals surface area contributed by atoms with Crippen LogP contribution in [0, 0.1) is 46.6 Å². The Bertz CT molecular complexity index is 1570. The summed E-state index contributed by atoms with van der Waals surface area (Å²) in [4.78, 5) is 41.4. The summed E-state index contributed by atoms with van der Waals surface area (Å²) in [7, 11) is 0. The van der Waals surface area contributed by atoms with Crippen LogP contribution in [-0.4, -0.2) is 54.6 Å². The summed E-state index contributed by atoms with van der Waals surface area (Å²) in [6.07, 6.45) is -2.89. The Hall–Kier alpha value is -4.96. The second-order valence-electron chi connectivity index (χ2n) is 11.7. The average molecular weight is 776 g/mol. The van der Waals surface area contributed by atoms with Crippen LogP contribution in [0.5, 0.6) is 0 Å². The van der Waals surface area contributed by atoms with Crippen molar-refractivity contribution < 1.29 is 75.9 Å². The van der Waals surface area contributed by atoms with Crippen LogP contribution in [0.25, 0.3) is 14.5 Å².